The van der Waals surface area contributed by atoms with Gasteiger partial charge in [-0.1, -0.05) is 29.8 Å². The standard InChI is InChI=1S/C26H23NO3/c1-16-14-17(2)24-22(15-16)23(26(28)30-21-8-6-5-7-9-21)18(3)25(27-24)19-10-12-20(29-4)13-11-19/h5-15H,1-4H3. The topological polar surface area (TPSA) is 48.4 Å². The molecule has 1 heterocycles. The van der Waals surface area contributed by atoms with Gasteiger partial charge in [-0.3, -0.25) is 0 Å². The third-order valence-corrected chi connectivity index (χ3v) is 5.19. The molecule has 0 saturated carbocycles. The molecule has 0 spiro atoms. The smallest absolute Gasteiger partial charge is 0.344 e. The van der Waals surface area contributed by atoms with Crippen molar-refractivity contribution in [3.8, 4) is 22.8 Å². The summed E-state index contributed by atoms with van der Waals surface area (Å²) < 4.78 is 11.0. The number of fused-ring (bicyclic) bond motifs is 1. The number of carbonyl (C=O) groups is 1. The van der Waals surface area contributed by atoms with Crippen molar-refractivity contribution in [3.05, 3.63) is 89.0 Å². The number of ether oxygens (including phenoxy) is 2. The van der Waals surface area contributed by atoms with Gasteiger partial charge in [0.25, 0.3) is 0 Å². The molecular formula is C26H23NO3. The average Bonchev–Trinajstić information content (AvgIpc) is 2.74. The molecule has 4 rings (SSSR count). The molecule has 0 aliphatic rings. The van der Waals surface area contributed by atoms with Crippen LogP contribution in [0.5, 0.6) is 11.5 Å². The van der Waals surface area contributed by atoms with Gasteiger partial charge >= 0.3 is 5.97 Å². The molecule has 4 heteroatoms. The Kier molecular flexibility index (Phi) is 5.23. The van der Waals surface area contributed by atoms with Gasteiger partial charge < -0.3 is 9.47 Å². The second kappa shape index (κ2) is 7.99. The Morgan fingerprint density at radius 3 is 2.23 bits per heavy atom. The molecule has 0 N–H and O–H groups in total. The van der Waals surface area contributed by atoms with Crippen molar-refractivity contribution >= 4 is 16.9 Å². The van der Waals surface area contributed by atoms with E-state index in [0.717, 1.165) is 44.6 Å². The van der Waals surface area contributed by atoms with Gasteiger partial charge in [0.15, 0.2) is 0 Å². The van der Waals surface area contributed by atoms with Gasteiger partial charge in [0.05, 0.1) is 23.9 Å². The third kappa shape index (κ3) is 3.64. The summed E-state index contributed by atoms with van der Waals surface area (Å²) in [5, 5.41) is 0.809. The fraction of sp³-hybridized carbons (Fsp3) is 0.154. The highest BCUT2D eigenvalue weighted by Crippen LogP contribution is 2.33. The molecule has 4 nitrogen and oxygen atoms in total. The molecule has 0 unspecified atom stereocenters. The lowest BCUT2D eigenvalue weighted by molar-refractivity contribution is 0.0736. The Balaban J connectivity index is 1.94. The number of hydrogen-bond acceptors (Lipinski definition) is 4. The van der Waals surface area contributed by atoms with Gasteiger partial charge in [-0.2, -0.15) is 0 Å². The fourth-order valence-electron chi connectivity index (χ4n) is 3.75. The molecule has 0 amide bonds. The summed E-state index contributed by atoms with van der Waals surface area (Å²) in [4.78, 5) is 18.2. The number of methoxy groups -OCH3 is 1. The normalized spacial score (nSPS) is 10.8. The van der Waals surface area contributed by atoms with Crippen LogP contribution in [0.2, 0.25) is 0 Å². The predicted molar refractivity (Wildman–Crippen MR) is 119 cm³/mol. The highest BCUT2D eigenvalue weighted by Gasteiger charge is 2.22. The summed E-state index contributed by atoms with van der Waals surface area (Å²) in [7, 11) is 1.64. The zero-order valence-electron chi connectivity index (χ0n) is 17.5. The quantitative estimate of drug-likeness (QED) is 0.310. The lowest BCUT2D eigenvalue weighted by Crippen LogP contribution is -2.13. The fourth-order valence-corrected chi connectivity index (χ4v) is 3.75. The predicted octanol–water partition coefficient (Wildman–Crippen LogP) is 6.05. The molecular weight excluding hydrogens is 374 g/mol. The summed E-state index contributed by atoms with van der Waals surface area (Å²) in [6.07, 6.45) is 0. The van der Waals surface area contributed by atoms with Crippen molar-refractivity contribution in [2.45, 2.75) is 20.8 Å². The van der Waals surface area contributed by atoms with Crippen LogP contribution in [0.1, 0.15) is 27.0 Å². The lowest BCUT2D eigenvalue weighted by Gasteiger charge is -2.16. The molecule has 1 aromatic heterocycles. The second-order valence-corrected chi connectivity index (χ2v) is 7.37. The van der Waals surface area contributed by atoms with E-state index in [0.29, 0.717) is 11.3 Å². The van der Waals surface area contributed by atoms with E-state index in [1.54, 1.807) is 19.2 Å². The van der Waals surface area contributed by atoms with Gasteiger partial charge in [0.2, 0.25) is 0 Å². The molecule has 0 aliphatic heterocycles. The van der Waals surface area contributed by atoms with Crippen LogP contribution < -0.4 is 9.47 Å². The van der Waals surface area contributed by atoms with Crippen LogP contribution in [0.15, 0.2) is 66.7 Å². The zero-order chi connectivity index (χ0) is 21.3. The van der Waals surface area contributed by atoms with Gasteiger partial charge in [-0.05, 0) is 74.4 Å². The maximum Gasteiger partial charge on any atom is 0.344 e. The molecule has 0 atom stereocenters. The van der Waals surface area contributed by atoms with Crippen LogP contribution in [0, 0.1) is 20.8 Å². The van der Waals surface area contributed by atoms with E-state index < -0.39 is 0 Å². The van der Waals surface area contributed by atoms with Crippen molar-refractivity contribution in [1.82, 2.24) is 4.98 Å². The van der Waals surface area contributed by atoms with E-state index in [1.165, 1.54) is 0 Å². The summed E-state index contributed by atoms with van der Waals surface area (Å²) in [5.74, 6) is 0.904. The van der Waals surface area contributed by atoms with Crippen LogP contribution in [-0.2, 0) is 0 Å². The van der Waals surface area contributed by atoms with Gasteiger partial charge in [-0.15, -0.1) is 0 Å². The minimum absolute atomic E-state index is 0.383. The van der Waals surface area contributed by atoms with E-state index in [1.807, 2.05) is 69.3 Å². The average molecular weight is 397 g/mol. The minimum atomic E-state index is -0.383. The summed E-state index contributed by atoms with van der Waals surface area (Å²) in [6.45, 7) is 5.96. The number of benzene rings is 3. The Labute approximate surface area is 176 Å². The molecule has 3 aromatic carbocycles. The second-order valence-electron chi connectivity index (χ2n) is 7.37. The number of hydrogen-bond donors (Lipinski definition) is 0. The van der Waals surface area contributed by atoms with E-state index in [4.69, 9.17) is 14.5 Å². The van der Waals surface area contributed by atoms with Crippen molar-refractivity contribution < 1.29 is 14.3 Å². The van der Waals surface area contributed by atoms with Gasteiger partial charge in [-0.25, -0.2) is 9.78 Å². The summed E-state index contributed by atoms with van der Waals surface area (Å²) in [5.41, 5.74) is 5.92. The van der Waals surface area contributed by atoms with E-state index in [-0.39, 0.29) is 5.97 Å². The highest BCUT2D eigenvalue weighted by atomic mass is 16.5. The molecule has 0 bridgehead atoms. The Hall–Kier alpha value is -3.66. The molecule has 150 valence electrons. The van der Waals surface area contributed by atoms with Crippen molar-refractivity contribution in [1.29, 1.82) is 0 Å². The van der Waals surface area contributed by atoms with Crippen LogP contribution in [0.25, 0.3) is 22.2 Å². The lowest BCUT2D eigenvalue weighted by atomic mass is 9.95. The Morgan fingerprint density at radius 2 is 1.57 bits per heavy atom. The molecule has 0 fully saturated rings. The molecule has 30 heavy (non-hydrogen) atoms. The van der Waals surface area contributed by atoms with E-state index >= 15 is 0 Å². The van der Waals surface area contributed by atoms with Crippen molar-refractivity contribution in [2.24, 2.45) is 0 Å². The number of para-hydroxylation sites is 1. The molecule has 0 radical (unpaired) electrons. The number of nitrogens with zero attached hydrogens (tertiary/aromatic N) is 1. The highest BCUT2D eigenvalue weighted by molar-refractivity contribution is 6.08. The van der Waals surface area contributed by atoms with Gasteiger partial charge in [0, 0.05) is 10.9 Å². The first-order valence-electron chi connectivity index (χ1n) is 9.81. The third-order valence-electron chi connectivity index (χ3n) is 5.19. The number of aryl methyl sites for hydroxylation is 2. The monoisotopic (exact) mass is 397 g/mol. The van der Waals surface area contributed by atoms with Crippen LogP contribution in [-0.4, -0.2) is 18.1 Å². The SMILES string of the molecule is COc1ccc(-c2nc3c(C)cc(C)cc3c(C(=O)Oc3ccccc3)c2C)cc1. The van der Waals surface area contributed by atoms with Gasteiger partial charge in [0.1, 0.15) is 11.5 Å². The minimum Gasteiger partial charge on any atom is -0.497 e. The zero-order valence-corrected chi connectivity index (χ0v) is 17.5. The number of esters is 1. The molecule has 4 aromatic rings. The van der Waals surface area contributed by atoms with E-state index in [9.17, 15) is 4.79 Å². The number of carbonyl (C=O) groups excluding carboxylic acids is 1. The Morgan fingerprint density at radius 1 is 0.867 bits per heavy atom. The van der Waals surface area contributed by atoms with Crippen molar-refractivity contribution in [2.75, 3.05) is 7.11 Å². The first-order valence-corrected chi connectivity index (χ1v) is 9.81. The first kappa shape index (κ1) is 19.6. The maximum absolute atomic E-state index is 13.3. The van der Waals surface area contributed by atoms with Crippen LogP contribution in [0.4, 0.5) is 0 Å². The van der Waals surface area contributed by atoms with Crippen molar-refractivity contribution in [3.63, 3.8) is 0 Å². The molecule has 0 saturated heterocycles. The largest absolute Gasteiger partial charge is 0.497 e. The maximum atomic E-state index is 13.3. The van der Waals surface area contributed by atoms with E-state index in [2.05, 4.69) is 6.07 Å². The summed E-state index contributed by atoms with van der Waals surface area (Å²) in [6, 6.07) is 20.9. The number of aromatic nitrogens is 1. The summed E-state index contributed by atoms with van der Waals surface area (Å²) >= 11 is 0. The van der Waals surface area contributed by atoms with Crippen LogP contribution in [0.3, 0.4) is 0 Å². The van der Waals surface area contributed by atoms with Crippen LogP contribution >= 0.6 is 0 Å². The Bertz CT molecular complexity index is 1230. The number of rotatable bonds is 4. The number of pyridine rings is 1. The molecule has 0 aliphatic carbocycles. The first-order chi connectivity index (χ1) is 14.5.